The molecule has 112 valence electrons. The number of likely N-dealkylation sites (tertiary alicyclic amines) is 1. The average molecular weight is 284 g/mol. The zero-order chi connectivity index (χ0) is 15.1. The highest BCUT2D eigenvalue weighted by Crippen LogP contribution is 2.33. The van der Waals surface area contributed by atoms with E-state index in [9.17, 15) is 14.4 Å². The van der Waals surface area contributed by atoms with E-state index >= 15 is 0 Å². The summed E-state index contributed by atoms with van der Waals surface area (Å²) >= 11 is 0. The fraction of sp³-hybridized carbons (Fsp3) is 0.769. The van der Waals surface area contributed by atoms with Crippen molar-refractivity contribution in [2.24, 2.45) is 5.92 Å². The molecule has 2 saturated heterocycles. The van der Waals surface area contributed by atoms with Crippen LogP contribution in [0.25, 0.3) is 0 Å². The summed E-state index contributed by atoms with van der Waals surface area (Å²) in [4.78, 5) is 36.9. The van der Waals surface area contributed by atoms with Crippen LogP contribution >= 0.6 is 0 Å². The van der Waals surface area contributed by atoms with Crippen molar-refractivity contribution in [1.82, 2.24) is 10.2 Å². The highest BCUT2D eigenvalue weighted by atomic mass is 16.6. The third-order valence-electron chi connectivity index (χ3n) is 3.49. The minimum absolute atomic E-state index is 0.0993. The summed E-state index contributed by atoms with van der Waals surface area (Å²) in [6.45, 7) is 5.55. The molecule has 2 fully saturated rings. The van der Waals surface area contributed by atoms with Gasteiger partial charge in [0.2, 0.25) is 5.91 Å². The Bertz CT molecular complexity index is 443. The Labute approximate surface area is 117 Å². The zero-order valence-corrected chi connectivity index (χ0v) is 12.1. The van der Waals surface area contributed by atoms with Gasteiger partial charge in [-0.05, 0) is 20.8 Å². The number of rotatable bonds is 1. The molecule has 2 rings (SSSR count). The van der Waals surface area contributed by atoms with Gasteiger partial charge in [0, 0.05) is 18.9 Å². The molecule has 0 aromatic heterocycles. The van der Waals surface area contributed by atoms with Crippen molar-refractivity contribution in [3.8, 4) is 0 Å². The Balaban J connectivity index is 2.18. The lowest BCUT2D eigenvalue weighted by atomic mass is 9.96. The second-order valence-electron chi connectivity index (χ2n) is 6.14. The number of carbonyl (C=O) groups excluding carboxylic acids is 3. The molecular weight excluding hydrogens is 264 g/mol. The molecule has 7 heteroatoms. The van der Waals surface area contributed by atoms with Gasteiger partial charge in [-0.2, -0.15) is 0 Å². The van der Waals surface area contributed by atoms with Crippen LogP contribution in [0.2, 0.25) is 0 Å². The Morgan fingerprint density at radius 3 is 2.55 bits per heavy atom. The van der Waals surface area contributed by atoms with Crippen molar-refractivity contribution in [3.05, 3.63) is 0 Å². The van der Waals surface area contributed by atoms with E-state index in [0.717, 1.165) is 0 Å². The number of nitrogens with one attached hydrogen (secondary N) is 1. The standard InChI is InChI=1S/C13H20N2O5/c1-13(2,3)20-12(18)15-6-8-7(5-9(16)14-8)10(15)11(17)19-4/h7-8,10H,5-6H2,1-4H3,(H,14,16)/t7-,8-,10-/m0/s1. The number of hydrogen-bond donors (Lipinski definition) is 1. The summed E-state index contributed by atoms with van der Waals surface area (Å²) < 4.78 is 10.1. The quantitative estimate of drug-likeness (QED) is 0.699. The molecule has 0 unspecified atom stereocenters. The minimum atomic E-state index is -0.765. The van der Waals surface area contributed by atoms with Crippen molar-refractivity contribution in [2.75, 3.05) is 13.7 Å². The molecule has 2 aliphatic heterocycles. The minimum Gasteiger partial charge on any atom is -0.467 e. The van der Waals surface area contributed by atoms with E-state index in [4.69, 9.17) is 9.47 Å². The molecule has 0 radical (unpaired) electrons. The van der Waals surface area contributed by atoms with Crippen molar-refractivity contribution in [1.29, 1.82) is 0 Å². The van der Waals surface area contributed by atoms with Crippen LogP contribution in [0, 0.1) is 5.92 Å². The number of esters is 1. The average Bonchev–Trinajstić information content (AvgIpc) is 2.81. The van der Waals surface area contributed by atoms with Crippen LogP contribution in [0.1, 0.15) is 27.2 Å². The fourth-order valence-corrected chi connectivity index (χ4v) is 2.73. The van der Waals surface area contributed by atoms with E-state index in [1.807, 2.05) is 0 Å². The molecule has 20 heavy (non-hydrogen) atoms. The second kappa shape index (κ2) is 4.96. The SMILES string of the molecule is COC(=O)[C@@H]1[C@H]2CC(=O)N[C@H]2CN1C(=O)OC(C)(C)C. The molecule has 2 heterocycles. The van der Waals surface area contributed by atoms with Crippen LogP contribution in [-0.4, -0.2) is 54.2 Å². The number of nitrogens with zero attached hydrogens (tertiary/aromatic N) is 1. The maximum Gasteiger partial charge on any atom is 0.411 e. The number of fused-ring (bicyclic) bond motifs is 1. The molecule has 3 atom stereocenters. The van der Waals surface area contributed by atoms with Crippen LogP contribution in [0.15, 0.2) is 0 Å². The molecule has 0 saturated carbocycles. The summed E-state index contributed by atoms with van der Waals surface area (Å²) in [5.41, 5.74) is -0.640. The van der Waals surface area contributed by atoms with Crippen LogP contribution < -0.4 is 5.32 Å². The Morgan fingerprint density at radius 1 is 1.35 bits per heavy atom. The zero-order valence-electron chi connectivity index (χ0n) is 12.1. The molecule has 0 aromatic carbocycles. The molecule has 1 N–H and O–H groups in total. The van der Waals surface area contributed by atoms with E-state index in [1.54, 1.807) is 20.8 Å². The van der Waals surface area contributed by atoms with E-state index in [0.29, 0.717) is 0 Å². The Morgan fingerprint density at radius 2 is 2.00 bits per heavy atom. The highest BCUT2D eigenvalue weighted by Gasteiger charge is 2.53. The van der Waals surface area contributed by atoms with Gasteiger partial charge < -0.3 is 14.8 Å². The molecule has 7 nitrogen and oxygen atoms in total. The number of amides is 2. The lowest BCUT2D eigenvalue weighted by Crippen LogP contribution is -2.46. The molecule has 0 bridgehead atoms. The van der Waals surface area contributed by atoms with E-state index in [1.165, 1.54) is 12.0 Å². The highest BCUT2D eigenvalue weighted by molar-refractivity contribution is 5.87. The summed E-state index contributed by atoms with van der Waals surface area (Å²) in [6.07, 6.45) is -0.333. The normalized spacial score (nSPS) is 28.9. The number of methoxy groups -OCH3 is 1. The van der Waals surface area contributed by atoms with Crippen LogP contribution in [0.3, 0.4) is 0 Å². The molecule has 0 spiro atoms. The maximum absolute atomic E-state index is 12.2. The first kappa shape index (κ1) is 14.6. The monoisotopic (exact) mass is 284 g/mol. The second-order valence-corrected chi connectivity index (χ2v) is 6.14. The van der Waals surface area contributed by atoms with Crippen molar-refractivity contribution in [2.45, 2.75) is 44.9 Å². The predicted molar refractivity (Wildman–Crippen MR) is 68.8 cm³/mol. The summed E-state index contributed by atoms with van der Waals surface area (Å²) in [6, 6.07) is -0.974. The van der Waals surface area contributed by atoms with Crippen LogP contribution in [0.5, 0.6) is 0 Å². The lowest BCUT2D eigenvalue weighted by molar-refractivity contribution is -0.147. The summed E-state index contributed by atoms with van der Waals surface area (Å²) in [7, 11) is 1.27. The first-order valence-electron chi connectivity index (χ1n) is 6.60. The van der Waals surface area contributed by atoms with Gasteiger partial charge in [-0.15, -0.1) is 0 Å². The van der Waals surface area contributed by atoms with Gasteiger partial charge in [-0.25, -0.2) is 9.59 Å². The van der Waals surface area contributed by atoms with Crippen molar-refractivity contribution >= 4 is 18.0 Å². The summed E-state index contributed by atoms with van der Waals surface area (Å²) in [5.74, 6) is -0.861. The van der Waals surface area contributed by atoms with Crippen molar-refractivity contribution in [3.63, 3.8) is 0 Å². The van der Waals surface area contributed by atoms with Crippen LogP contribution in [0.4, 0.5) is 4.79 Å². The third kappa shape index (κ3) is 2.71. The Hall–Kier alpha value is -1.79. The predicted octanol–water partition coefficient (Wildman–Crippen LogP) is 0.283. The smallest absolute Gasteiger partial charge is 0.411 e. The van der Waals surface area contributed by atoms with E-state index in [2.05, 4.69) is 5.32 Å². The maximum atomic E-state index is 12.2. The Kier molecular flexibility index (Phi) is 3.62. The van der Waals surface area contributed by atoms with Gasteiger partial charge >= 0.3 is 12.1 Å². The molecule has 2 amide bonds. The first-order chi connectivity index (χ1) is 9.23. The van der Waals surface area contributed by atoms with Gasteiger partial charge in [-0.3, -0.25) is 9.69 Å². The van der Waals surface area contributed by atoms with Crippen LogP contribution in [-0.2, 0) is 19.1 Å². The number of carbonyl (C=O) groups is 3. The molecular formula is C13H20N2O5. The first-order valence-corrected chi connectivity index (χ1v) is 6.60. The van der Waals surface area contributed by atoms with E-state index < -0.39 is 23.7 Å². The molecule has 0 aromatic rings. The van der Waals surface area contributed by atoms with E-state index in [-0.39, 0.29) is 30.8 Å². The van der Waals surface area contributed by atoms with Gasteiger partial charge in [0.05, 0.1) is 13.2 Å². The number of ether oxygens (including phenoxy) is 2. The largest absolute Gasteiger partial charge is 0.467 e. The summed E-state index contributed by atoms with van der Waals surface area (Å²) in [5, 5.41) is 2.78. The fourth-order valence-electron chi connectivity index (χ4n) is 2.73. The molecule has 2 aliphatic rings. The van der Waals surface area contributed by atoms with Crippen molar-refractivity contribution < 1.29 is 23.9 Å². The van der Waals surface area contributed by atoms with Gasteiger partial charge in [0.1, 0.15) is 11.6 Å². The molecule has 0 aliphatic carbocycles. The third-order valence-corrected chi connectivity index (χ3v) is 3.49. The topological polar surface area (TPSA) is 84.9 Å². The van der Waals surface area contributed by atoms with Gasteiger partial charge in [0.15, 0.2) is 0 Å². The lowest BCUT2D eigenvalue weighted by Gasteiger charge is -2.28. The number of hydrogen-bond acceptors (Lipinski definition) is 5. The van der Waals surface area contributed by atoms with Gasteiger partial charge in [0.25, 0.3) is 0 Å². The van der Waals surface area contributed by atoms with Gasteiger partial charge in [-0.1, -0.05) is 0 Å².